The standard InChI is InChI=1S/C19H29NO6/c1-7-11-14(13(26-10(3)21)9-20-19(4,5)6)12(8-2)17(23)15(16(11)22)18(24)25/h13,20,22-23H,7-9H2,1-6H3,(H,24,25). The fourth-order valence-electron chi connectivity index (χ4n) is 2.96. The normalized spacial score (nSPS) is 12.7. The van der Waals surface area contributed by atoms with Gasteiger partial charge in [-0.3, -0.25) is 4.79 Å². The smallest absolute Gasteiger partial charge is 0.343 e. The van der Waals surface area contributed by atoms with Gasteiger partial charge in [-0.15, -0.1) is 0 Å². The van der Waals surface area contributed by atoms with Gasteiger partial charge >= 0.3 is 11.9 Å². The van der Waals surface area contributed by atoms with Gasteiger partial charge in [0.1, 0.15) is 23.2 Å². The second-order valence-corrected chi connectivity index (χ2v) is 7.18. The number of nitrogens with one attached hydrogen (secondary N) is 1. The van der Waals surface area contributed by atoms with Crippen molar-refractivity contribution in [2.24, 2.45) is 0 Å². The van der Waals surface area contributed by atoms with Crippen molar-refractivity contribution in [1.29, 1.82) is 0 Å². The van der Waals surface area contributed by atoms with Crippen molar-refractivity contribution in [2.75, 3.05) is 6.54 Å². The quantitative estimate of drug-likeness (QED) is 0.548. The average Bonchev–Trinajstić information content (AvgIpc) is 2.49. The van der Waals surface area contributed by atoms with Crippen molar-refractivity contribution < 1.29 is 29.6 Å². The molecule has 26 heavy (non-hydrogen) atoms. The van der Waals surface area contributed by atoms with E-state index < -0.39 is 35.1 Å². The number of carboxylic acids is 1. The molecule has 0 saturated carbocycles. The van der Waals surface area contributed by atoms with Crippen molar-refractivity contribution in [3.63, 3.8) is 0 Å². The number of carbonyl (C=O) groups is 2. The molecule has 7 heteroatoms. The Morgan fingerprint density at radius 1 is 1.08 bits per heavy atom. The minimum Gasteiger partial charge on any atom is -0.507 e. The lowest BCUT2D eigenvalue weighted by molar-refractivity contribution is -0.146. The van der Waals surface area contributed by atoms with Gasteiger partial charge in [0.15, 0.2) is 0 Å². The lowest BCUT2D eigenvalue weighted by Gasteiger charge is -2.29. The Balaban J connectivity index is 3.67. The zero-order valence-corrected chi connectivity index (χ0v) is 16.3. The van der Waals surface area contributed by atoms with E-state index in [9.17, 15) is 24.9 Å². The van der Waals surface area contributed by atoms with Gasteiger partial charge in [-0.1, -0.05) is 13.8 Å². The van der Waals surface area contributed by atoms with Crippen LogP contribution in [-0.2, 0) is 22.4 Å². The Bertz CT molecular complexity index is 659. The number of phenols is 2. The minimum absolute atomic E-state index is 0.248. The average molecular weight is 367 g/mol. The molecule has 1 unspecified atom stereocenters. The maximum absolute atomic E-state index is 11.6. The Hall–Kier alpha value is -2.28. The monoisotopic (exact) mass is 367 g/mol. The number of ether oxygens (including phenoxy) is 1. The molecule has 1 rings (SSSR count). The van der Waals surface area contributed by atoms with Crippen molar-refractivity contribution in [3.05, 3.63) is 22.3 Å². The van der Waals surface area contributed by atoms with E-state index >= 15 is 0 Å². The number of esters is 1. The summed E-state index contributed by atoms with van der Waals surface area (Å²) in [5.41, 5.74) is 0.412. The lowest BCUT2D eigenvalue weighted by Crippen LogP contribution is -2.39. The van der Waals surface area contributed by atoms with Gasteiger partial charge in [-0.2, -0.15) is 0 Å². The van der Waals surface area contributed by atoms with Gasteiger partial charge < -0.3 is 25.4 Å². The number of benzene rings is 1. The summed E-state index contributed by atoms with van der Waals surface area (Å²) in [6, 6.07) is 0. The molecule has 0 amide bonds. The molecule has 4 N–H and O–H groups in total. The summed E-state index contributed by atoms with van der Waals surface area (Å²) < 4.78 is 5.46. The molecule has 146 valence electrons. The molecule has 0 bridgehead atoms. The fraction of sp³-hybridized carbons (Fsp3) is 0.579. The third kappa shape index (κ3) is 4.88. The van der Waals surface area contributed by atoms with Crippen LogP contribution in [-0.4, -0.2) is 39.3 Å². The van der Waals surface area contributed by atoms with Crippen LogP contribution in [0.2, 0.25) is 0 Å². The third-order valence-electron chi connectivity index (χ3n) is 4.06. The molecule has 0 radical (unpaired) electrons. The summed E-state index contributed by atoms with van der Waals surface area (Å²) in [4.78, 5) is 23.1. The predicted octanol–water partition coefficient (Wildman–Crippen LogP) is 2.91. The predicted molar refractivity (Wildman–Crippen MR) is 97.7 cm³/mol. The maximum Gasteiger partial charge on any atom is 0.343 e. The molecule has 0 aliphatic rings. The van der Waals surface area contributed by atoms with Crippen molar-refractivity contribution in [3.8, 4) is 11.5 Å². The summed E-state index contributed by atoms with van der Waals surface area (Å²) >= 11 is 0. The molecule has 0 fully saturated rings. The highest BCUT2D eigenvalue weighted by atomic mass is 16.5. The zero-order valence-electron chi connectivity index (χ0n) is 16.3. The van der Waals surface area contributed by atoms with Crippen LogP contribution in [0.25, 0.3) is 0 Å². The SMILES string of the molecule is CCc1c(O)c(C(=O)O)c(O)c(CC)c1C(CNC(C)(C)C)OC(C)=O. The van der Waals surface area contributed by atoms with Crippen molar-refractivity contribution in [2.45, 2.75) is 66.0 Å². The van der Waals surface area contributed by atoms with E-state index in [1.54, 1.807) is 13.8 Å². The van der Waals surface area contributed by atoms with Gasteiger partial charge in [-0.25, -0.2) is 4.79 Å². The molecule has 1 aromatic rings. The molecule has 0 aromatic heterocycles. The zero-order chi connectivity index (χ0) is 20.2. The number of hydrogen-bond acceptors (Lipinski definition) is 6. The molecule has 1 aromatic carbocycles. The Morgan fingerprint density at radius 2 is 1.54 bits per heavy atom. The maximum atomic E-state index is 11.6. The number of hydrogen-bond donors (Lipinski definition) is 4. The lowest BCUT2D eigenvalue weighted by atomic mass is 9.88. The molecule has 0 aliphatic carbocycles. The van der Waals surface area contributed by atoms with Crippen LogP contribution >= 0.6 is 0 Å². The van der Waals surface area contributed by atoms with E-state index in [-0.39, 0.29) is 12.1 Å². The molecule has 1 atom stereocenters. The Kier molecular flexibility index (Phi) is 7.03. The van der Waals surface area contributed by atoms with Crippen LogP contribution in [0.1, 0.15) is 74.7 Å². The largest absolute Gasteiger partial charge is 0.507 e. The first-order chi connectivity index (χ1) is 11.9. The molecule has 0 aliphatic heterocycles. The second-order valence-electron chi connectivity index (χ2n) is 7.18. The summed E-state index contributed by atoms with van der Waals surface area (Å²) in [6.07, 6.45) is -0.124. The summed E-state index contributed by atoms with van der Waals surface area (Å²) in [5.74, 6) is -2.89. The first-order valence-corrected chi connectivity index (χ1v) is 8.69. The van der Waals surface area contributed by atoms with Crippen LogP contribution in [0.3, 0.4) is 0 Å². The van der Waals surface area contributed by atoms with Crippen molar-refractivity contribution >= 4 is 11.9 Å². The Labute approximate surface area is 154 Å². The van der Waals surface area contributed by atoms with E-state index in [0.29, 0.717) is 29.5 Å². The minimum atomic E-state index is -1.41. The molecule has 0 spiro atoms. The van der Waals surface area contributed by atoms with Crippen LogP contribution in [0.15, 0.2) is 0 Å². The highest BCUT2D eigenvalue weighted by Crippen LogP contribution is 2.42. The van der Waals surface area contributed by atoms with Gasteiger partial charge in [0.25, 0.3) is 0 Å². The van der Waals surface area contributed by atoms with Gasteiger partial charge in [0.05, 0.1) is 0 Å². The summed E-state index contributed by atoms with van der Waals surface area (Å²) in [5, 5.41) is 33.5. The molecular weight excluding hydrogens is 338 g/mol. The topological polar surface area (TPSA) is 116 Å². The van der Waals surface area contributed by atoms with E-state index in [4.69, 9.17) is 4.74 Å². The molecular formula is C19H29NO6. The highest BCUT2D eigenvalue weighted by Gasteiger charge is 2.31. The fourth-order valence-corrected chi connectivity index (χ4v) is 2.96. The highest BCUT2D eigenvalue weighted by molar-refractivity contribution is 5.95. The van der Waals surface area contributed by atoms with E-state index in [1.807, 2.05) is 20.8 Å². The molecule has 0 heterocycles. The van der Waals surface area contributed by atoms with Gasteiger partial charge in [0.2, 0.25) is 0 Å². The number of carboxylic acid groups (broad SMARTS) is 1. The number of rotatable bonds is 7. The van der Waals surface area contributed by atoms with E-state index in [1.165, 1.54) is 6.92 Å². The van der Waals surface area contributed by atoms with Crippen LogP contribution in [0, 0.1) is 0 Å². The van der Waals surface area contributed by atoms with Crippen LogP contribution in [0.4, 0.5) is 0 Å². The first-order valence-electron chi connectivity index (χ1n) is 8.69. The number of aromatic hydroxyl groups is 2. The second kappa shape index (κ2) is 8.40. The number of carbonyl (C=O) groups excluding carboxylic acids is 1. The van der Waals surface area contributed by atoms with Crippen LogP contribution in [0.5, 0.6) is 11.5 Å². The summed E-state index contributed by atoms with van der Waals surface area (Å²) in [6.45, 7) is 11.0. The number of aromatic carboxylic acids is 1. The van der Waals surface area contributed by atoms with Crippen LogP contribution < -0.4 is 5.32 Å². The van der Waals surface area contributed by atoms with Crippen molar-refractivity contribution in [1.82, 2.24) is 5.32 Å². The Morgan fingerprint density at radius 3 is 1.85 bits per heavy atom. The van der Waals surface area contributed by atoms with Gasteiger partial charge in [-0.05, 0) is 33.6 Å². The third-order valence-corrected chi connectivity index (χ3v) is 4.06. The summed E-state index contributed by atoms with van der Waals surface area (Å²) in [7, 11) is 0. The first kappa shape index (κ1) is 21.8. The molecule has 0 saturated heterocycles. The van der Waals surface area contributed by atoms with E-state index in [0.717, 1.165) is 0 Å². The van der Waals surface area contributed by atoms with Gasteiger partial charge in [0, 0.05) is 35.7 Å². The molecule has 7 nitrogen and oxygen atoms in total. The van der Waals surface area contributed by atoms with E-state index in [2.05, 4.69) is 5.32 Å².